The van der Waals surface area contributed by atoms with E-state index in [0.717, 1.165) is 5.56 Å². The minimum atomic E-state index is -3.74. The minimum Gasteiger partial charge on any atom is -0.447 e. The van der Waals surface area contributed by atoms with Gasteiger partial charge >= 0.3 is 6.09 Å². The third kappa shape index (κ3) is 3.43. The molecule has 1 aromatic rings. The molecule has 1 amide bonds. The summed E-state index contributed by atoms with van der Waals surface area (Å²) in [6.45, 7) is 2.58. The molecule has 1 atom stereocenters. The van der Waals surface area contributed by atoms with Crippen molar-refractivity contribution in [2.75, 3.05) is 18.1 Å². The summed E-state index contributed by atoms with van der Waals surface area (Å²) in [5.41, 5.74) is 1.47. The molecule has 1 unspecified atom stereocenters. The molecule has 104 valence electrons. The van der Waals surface area contributed by atoms with Crippen LogP contribution in [0.2, 0.25) is 0 Å². The number of benzene rings is 1. The Hall–Kier alpha value is -1.64. The van der Waals surface area contributed by atoms with E-state index < -0.39 is 16.3 Å². The predicted molar refractivity (Wildman–Crippen MR) is 69.8 cm³/mol. The number of anilines is 1. The van der Waals surface area contributed by atoms with Gasteiger partial charge in [0.2, 0.25) is 0 Å². The number of hydrogen-bond donors (Lipinski definition) is 2. The molecule has 1 saturated heterocycles. The van der Waals surface area contributed by atoms with Crippen LogP contribution in [0.25, 0.3) is 0 Å². The maximum Gasteiger partial charge on any atom is 0.414 e. The number of ether oxygens (including phenoxy) is 1. The van der Waals surface area contributed by atoms with Crippen molar-refractivity contribution in [2.24, 2.45) is 5.14 Å². The molecular formula is C11H15N3O4S. The van der Waals surface area contributed by atoms with Gasteiger partial charge in [0.1, 0.15) is 6.61 Å². The van der Waals surface area contributed by atoms with E-state index in [4.69, 9.17) is 9.88 Å². The molecule has 1 fully saturated rings. The minimum absolute atomic E-state index is 0.372. The van der Waals surface area contributed by atoms with Crippen LogP contribution in [0.15, 0.2) is 24.3 Å². The lowest BCUT2D eigenvalue weighted by Crippen LogP contribution is -2.33. The standard InChI is InChI=1S/C11H15N3O4S/c1-8(13-19(12,16)17)9-2-4-10(5-3-9)14-6-7-18-11(14)15/h2-5,8,13H,6-7H2,1H3,(H2,12,16,17). The van der Waals surface area contributed by atoms with Gasteiger partial charge in [-0.1, -0.05) is 12.1 Å². The number of nitrogens with two attached hydrogens (primary N) is 1. The van der Waals surface area contributed by atoms with Crippen LogP contribution in [0, 0.1) is 0 Å². The molecule has 0 spiro atoms. The van der Waals surface area contributed by atoms with Gasteiger partial charge in [0.15, 0.2) is 0 Å². The van der Waals surface area contributed by atoms with Crippen molar-refractivity contribution in [2.45, 2.75) is 13.0 Å². The second-order valence-corrected chi connectivity index (χ2v) is 5.57. The molecule has 1 aliphatic rings. The van der Waals surface area contributed by atoms with Crippen LogP contribution in [0.5, 0.6) is 0 Å². The van der Waals surface area contributed by atoms with E-state index in [1.54, 1.807) is 31.2 Å². The number of nitrogens with zero attached hydrogens (tertiary/aromatic N) is 1. The molecule has 19 heavy (non-hydrogen) atoms. The SMILES string of the molecule is CC(NS(N)(=O)=O)c1ccc(N2CCOC2=O)cc1. The molecule has 0 radical (unpaired) electrons. The Labute approximate surface area is 111 Å². The van der Waals surface area contributed by atoms with Gasteiger partial charge in [0.25, 0.3) is 10.2 Å². The van der Waals surface area contributed by atoms with Gasteiger partial charge in [-0.15, -0.1) is 0 Å². The molecule has 0 bridgehead atoms. The summed E-state index contributed by atoms with van der Waals surface area (Å²) in [5.74, 6) is 0. The molecule has 3 N–H and O–H groups in total. The van der Waals surface area contributed by atoms with E-state index in [9.17, 15) is 13.2 Å². The fourth-order valence-electron chi connectivity index (χ4n) is 1.89. The Bertz CT molecular complexity index is 570. The fraction of sp³-hybridized carbons (Fsp3) is 0.364. The van der Waals surface area contributed by atoms with Crippen molar-refractivity contribution in [3.63, 3.8) is 0 Å². The van der Waals surface area contributed by atoms with Gasteiger partial charge in [-0.25, -0.2) is 9.93 Å². The van der Waals surface area contributed by atoms with Crippen molar-refractivity contribution >= 4 is 22.0 Å². The molecule has 1 aromatic carbocycles. The van der Waals surface area contributed by atoms with Crippen LogP contribution < -0.4 is 14.8 Å². The van der Waals surface area contributed by atoms with Crippen molar-refractivity contribution in [3.8, 4) is 0 Å². The fourth-order valence-corrected chi connectivity index (χ4v) is 2.51. The Morgan fingerprint density at radius 3 is 2.47 bits per heavy atom. The van der Waals surface area contributed by atoms with Gasteiger partial charge in [0, 0.05) is 11.7 Å². The zero-order chi connectivity index (χ0) is 14.0. The summed E-state index contributed by atoms with van der Waals surface area (Å²) in [6.07, 6.45) is -0.372. The zero-order valence-electron chi connectivity index (χ0n) is 10.4. The monoisotopic (exact) mass is 285 g/mol. The van der Waals surface area contributed by atoms with Gasteiger partial charge in [-0.3, -0.25) is 4.90 Å². The molecule has 1 heterocycles. The van der Waals surface area contributed by atoms with Crippen LogP contribution in [0.1, 0.15) is 18.5 Å². The number of hydrogen-bond acceptors (Lipinski definition) is 4. The first kappa shape index (κ1) is 13.8. The maximum absolute atomic E-state index is 11.4. The Morgan fingerprint density at radius 1 is 1.37 bits per heavy atom. The third-order valence-electron chi connectivity index (χ3n) is 2.81. The number of nitrogens with one attached hydrogen (secondary N) is 1. The van der Waals surface area contributed by atoms with Crippen molar-refractivity contribution in [1.82, 2.24) is 4.72 Å². The Kier molecular flexibility index (Phi) is 3.74. The normalized spacial score (nSPS) is 17.4. The first-order chi connectivity index (χ1) is 8.87. The molecule has 2 rings (SSSR count). The van der Waals surface area contributed by atoms with Gasteiger partial charge in [-0.2, -0.15) is 13.1 Å². The maximum atomic E-state index is 11.4. The summed E-state index contributed by atoms with van der Waals surface area (Å²) < 4.78 is 29.0. The molecule has 0 aliphatic carbocycles. The lowest BCUT2D eigenvalue weighted by atomic mass is 10.1. The van der Waals surface area contributed by atoms with Crippen LogP contribution >= 0.6 is 0 Å². The van der Waals surface area contributed by atoms with E-state index in [0.29, 0.717) is 18.8 Å². The van der Waals surface area contributed by atoms with E-state index in [1.165, 1.54) is 4.90 Å². The highest BCUT2D eigenvalue weighted by Gasteiger charge is 2.23. The van der Waals surface area contributed by atoms with E-state index >= 15 is 0 Å². The summed E-state index contributed by atoms with van der Waals surface area (Å²) in [5, 5.41) is 4.91. The second-order valence-electron chi connectivity index (χ2n) is 4.24. The highest BCUT2D eigenvalue weighted by Crippen LogP contribution is 2.21. The molecule has 8 heteroatoms. The predicted octanol–water partition coefficient (Wildman–Crippen LogP) is 0.497. The molecule has 0 aromatic heterocycles. The van der Waals surface area contributed by atoms with Crippen molar-refractivity contribution in [1.29, 1.82) is 0 Å². The Morgan fingerprint density at radius 2 is 2.00 bits per heavy atom. The third-order valence-corrected chi connectivity index (χ3v) is 3.49. The first-order valence-electron chi connectivity index (χ1n) is 5.71. The average Bonchev–Trinajstić information content (AvgIpc) is 2.73. The van der Waals surface area contributed by atoms with Crippen molar-refractivity contribution < 1.29 is 17.9 Å². The lowest BCUT2D eigenvalue weighted by molar-refractivity contribution is 0.181. The first-order valence-corrected chi connectivity index (χ1v) is 7.26. The zero-order valence-corrected chi connectivity index (χ0v) is 11.2. The number of carbonyl (C=O) groups is 1. The summed E-state index contributed by atoms with van der Waals surface area (Å²) in [4.78, 5) is 12.9. The molecular weight excluding hydrogens is 270 g/mol. The van der Waals surface area contributed by atoms with Gasteiger partial charge < -0.3 is 4.74 Å². The topological polar surface area (TPSA) is 102 Å². The van der Waals surface area contributed by atoms with Crippen LogP contribution in [-0.4, -0.2) is 27.7 Å². The summed E-state index contributed by atoms with van der Waals surface area (Å²) in [6, 6.07) is 6.52. The summed E-state index contributed by atoms with van der Waals surface area (Å²) >= 11 is 0. The van der Waals surface area contributed by atoms with Crippen LogP contribution in [0.3, 0.4) is 0 Å². The number of amides is 1. The smallest absolute Gasteiger partial charge is 0.414 e. The number of carbonyl (C=O) groups excluding carboxylic acids is 1. The second kappa shape index (κ2) is 5.16. The Balaban J connectivity index is 2.12. The lowest BCUT2D eigenvalue weighted by Gasteiger charge is -2.16. The summed E-state index contributed by atoms with van der Waals surface area (Å²) in [7, 11) is -3.74. The molecule has 0 saturated carbocycles. The van der Waals surface area contributed by atoms with E-state index in [2.05, 4.69) is 4.72 Å². The largest absolute Gasteiger partial charge is 0.447 e. The molecule has 1 aliphatic heterocycles. The number of cyclic esters (lactones) is 1. The van der Waals surface area contributed by atoms with E-state index in [1.807, 2.05) is 0 Å². The highest BCUT2D eigenvalue weighted by molar-refractivity contribution is 7.87. The van der Waals surface area contributed by atoms with E-state index in [-0.39, 0.29) is 6.09 Å². The van der Waals surface area contributed by atoms with Gasteiger partial charge in [-0.05, 0) is 24.6 Å². The molecule has 7 nitrogen and oxygen atoms in total. The highest BCUT2D eigenvalue weighted by atomic mass is 32.2. The van der Waals surface area contributed by atoms with Crippen LogP contribution in [0.4, 0.5) is 10.5 Å². The van der Waals surface area contributed by atoms with Crippen molar-refractivity contribution in [3.05, 3.63) is 29.8 Å². The average molecular weight is 285 g/mol. The van der Waals surface area contributed by atoms with Gasteiger partial charge in [0.05, 0.1) is 6.54 Å². The van der Waals surface area contributed by atoms with Crippen LogP contribution in [-0.2, 0) is 14.9 Å². The number of rotatable bonds is 4. The quantitative estimate of drug-likeness (QED) is 0.840.